The summed E-state index contributed by atoms with van der Waals surface area (Å²) in [6.07, 6.45) is 10.0. The van der Waals surface area contributed by atoms with Crippen molar-refractivity contribution in [2.24, 2.45) is 0 Å². The van der Waals surface area contributed by atoms with Gasteiger partial charge in [0.25, 0.3) is 5.91 Å². The third kappa shape index (κ3) is 4.92. The Balaban J connectivity index is 1.13. The van der Waals surface area contributed by atoms with E-state index in [0.29, 0.717) is 24.5 Å². The van der Waals surface area contributed by atoms with Crippen LogP contribution in [0.4, 0.5) is 4.79 Å². The van der Waals surface area contributed by atoms with E-state index in [2.05, 4.69) is 25.3 Å². The molecule has 0 saturated carbocycles. The zero-order valence-electron chi connectivity index (χ0n) is 18.4. The summed E-state index contributed by atoms with van der Waals surface area (Å²) in [6.45, 7) is 4.40. The zero-order chi connectivity index (χ0) is 23.5. The van der Waals surface area contributed by atoms with Crippen molar-refractivity contribution in [1.29, 1.82) is 0 Å². The van der Waals surface area contributed by atoms with Crippen LogP contribution in [0.5, 0.6) is 0 Å². The molecular weight excluding hydrogens is 456 g/mol. The van der Waals surface area contributed by atoms with Crippen molar-refractivity contribution in [1.82, 2.24) is 39.3 Å². The molecule has 5 rings (SSSR count). The molecule has 0 atom stereocenters. The molecule has 2 N–H and O–H groups in total. The third-order valence-electron chi connectivity index (χ3n) is 5.80. The van der Waals surface area contributed by atoms with Crippen LogP contribution in [0.1, 0.15) is 15.4 Å². The number of rotatable bonds is 7. The normalized spacial score (nSPS) is 14.5. The van der Waals surface area contributed by atoms with Crippen molar-refractivity contribution < 1.29 is 14.7 Å². The number of thiophene rings is 1. The first-order chi connectivity index (χ1) is 16.5. The van der Waals surface area contributed by atoms with Gasteiger partial charge in [-0.25, -0.2) is 9.78 Å². The van der Waals surface area contributed by atoms with Gasteiger partial charge in [-0.2, -0.15) is 5.10 Å². The van der Waals surface area contributed by atoms with E-state index < -0.39 is 6.09 Å². The van der Waals surface area contributed by atoms with Crippen LogP contribution in [0, 0.1) is 0 Å². The lowest BCUT2D eigenvalue weighted by molar-refractivity contribution is 0.0954. The summed E-state index contributed by atoms with van der Waals surface area (Å²) >= 11 is 1.42. The average molecular weight is 481 g/mol. The van der Waals surface area contributed by atoms with Gasteiger partial charge in [-0.3, -0.25) is 19.4 Å². The molecule has 1 saturated heterocycles. The number of carbonyl (C=O) groups is 2. The molecule has 1 aliphatic heterocycles. The molecule has 0 bridgehead atoms. The number of amides is 2. The Morgan fingerprint density at radius 3 is 2.74 bits per heavy atom. The fraction of sp³-hybridized carbons (Fsp3) is 0.318. The minimum absolute atomic E-state index is 0.142. The first-order valence-corrected chi connectivity index (χ1v) is 11.8. The van der Waals surface area contributed by atoms with Crippen molar-refractivity contribution in [3.8, 4) is 10.4 Å². The molecule has 11 nitrogen and oxygen atoms in total. The highest BCUT2D eigenvalue weighted by Crippen LogP contribution is 2.27. The highest BCUT2D eigenvalue weighted by Gasteiger charge is 2.20. The van der Waals surface area contributed by atoms with Crippen LogP contribution in [-0.2, 0) is 13.1 Å². The zero-order valence-corrected chi connectivity index (χ0v) is 19.2. The Morgan fingerprint density at radius 1 is 1.06 bits per heavy atom. The van der Waals surface area contributed by atoms with Gasteiger partial charge in [-0.05, 0) is 12.1 Å². The van der Waals surface area contributed by atoms with Gasteiger partial charge in [-0.15, -0.1) is 11.3 Å². The number of carboxylic acid groups (broad SMARTS) is 1. The van der Waals surface area contributed by atoms with Crippen molar-refractivity contribution in [2.75, 3.05) is 32.7 Å². The van der Waals surface area contributed by atoms with E-state index in [1.807, 2.05) is 39.8 Å². The second-order valence-electron chi connectivity index (χ2n) is 8.02. The maximum Gasteiger partial charge on any atom is 0.407 e. The molecular formula is C22H24N8O3S. The van der Waals surface area contributed by atoms with Gasteiger partial charge < -0.3 is 19.7 Å². The largest absolute Gasteiger partial charge is 0.465 e. The molecule has 0 aliphatic carbocycles. The number of carbonyl (C=O) groups excluding carboxylic acids is 1. The molecule has 1 fully saturated rings. The van der Waals surface area contributed by atoms with Crippen LogP contribution < -0.4 is 5.32 Å². The van der Waals surface area contributed by atoms with Gasteiger partial charge in [0.2, 0.25) is 0 Å². The molecule has 0 unspecified atom stereocenters. The summed E-state index contributed by atoms with van der Waals surface area (Å²) in [7, 11) is 0. The molecule has 176 valence electrons. The van der Waals surface area contributed by atoms with Gasteiger partial charge in [-0.1, -0.05) is 0 Å². The molecule has 2 amide bonds. The second-order valence-corrected chi connectivity index (χ2v) is 9.11. The Morgan fingerprint density at radius 2 is 1.91 bits per heavy atom. The molecule has 34 heavy (non-hydrogen) atoms. The van der Waals surface area contributed by atoms with E-state index in [1.165, 1.54) is 16.2 Å². The van der Waals surface area contributed by atoms with Crippen molar-refractivity contribution in [2.45, 2.75) is 13.1 Å². The fourth-order valence-corrected chi connectivity index (χ4v) is 4.75. The number of nitrogens with one attached hydrogen (secondary N) is 1. The van der Waals surface area contributed by atoms with E-state index >= 15 is 0 Å². The van der Waals surface area contributed by atoms with E-state index in [0.717, 1.165) is 48.0 Å². The number of nitrogens with zero attached hydrogens (tertiary/aromatic N) is 7. The van der Waals surface area contributed by atoms with Crippen molar-refractivity contribution >= 4 is 29.0 Å². The molecule has 0 aromatic carbocycles. The summed E-state index contributed by atoms with van der Waals surface area (Å²) in [5, 5.41) is 16.4. The monoisotopic (exact) mass is 480 g/mol. The minimum Gasteiger partial charge on any atom is -0.465 e. The summed E-state index contributed by atoms with van der Waals surface area (Å²) in [5.41, 5.74) is 2.48. The number of fused-ring (bicyclic) bond motifs is 1. The topological polar surface area (TPSA) is 121 Å². The Bertz CT molecular complexity index is 1300. The minimum atomic E-state index is -0.854. The summed E-state index contributed by atoms with van der Waals surface area (Å²) < 4.78 is 3.75. The molecule has 5 heterocycles. The number of hydrogen-bond acceptors (Lipinski definition) is 7. The Hall–Kier alpha value is -3.77. The SMILES string of the molecule is O=C(NCc1cn2ccnc2cn1)c1ccc(-c2cnn(CCN3CCN(C(=O)O)CC3)c2)s1. The van der Waals surface area contributed by atoms with Gasteiger partial charge in [0.1, 0.15) is 0 Å². The second kappa shape index (κ2) is 9.61. The molecule has 4 aromatic heterocycles. The molecule has 0 radical (unpaired) electrons. The third-order valence-corrected chi connectivity index (χ3v) is 6.93. The first kappa shape index (κ1) is 22.0. The lowest BCUT2D eigenvalue weighted by atomic mass is 10.3. The standard InChI is InChI=1S/C22H24N8O3S/c31-21(25-12-17-15-29-4-3-23-20(29)13-24-17)19-2-1-18(34-19)16-11-26-30(14-16)10-7-27-5-8-28(9-6-27)22(32)33/h1-4,11,13-15H,5-10,12H2,(H,25,31)(H,32,33). The number of piperazine rings is 1. The van der Waals surface area contributed by atoms with Crippen LogP contribution in [0.3, 0.4) is 0 Å². The number of hydrogen-bond donors (Lipinski definition) is 2. The fourth-order valence-electron chi connectivity index (χ4n) is 3.85. The van der Waals surface area contributed by atoms with E-state index in [-0.39, 0.29) is 5.91 Å². The van der Waals surface area contributed by atoms with Crippen LogP contribution in [0.15, 0.2) is 49.3 Å². The van der Waals surface area contributed by atoms with Crippen molar-refractivity contribution in [3.63, 3.8) is 0 Å². The molecule has 4 aromatic rings. The van der Waals surface area contributed by atoms with Gasteiger partial charge >= 0.3 is 6.09 Å². The quantitative estimate of drug-likeness (QED) is 0.414. The predicted octanol–water partition coefficient (Wildman–Crippen LogP) is 1.88. The predicted molar refractivity (Wildman–Crippen MR) is 126 cm³/mol. The molecule has 12 heteroatoms. The average Bonchev–Trinajstić information content (AvgIpc) is 3.61. The highest BCUT2D eigenvalue weighted by molar-refractivity contribution is 7.17. The summed E-state index contributed by atoms with van der Waals surface area (Å²) in [5.74, 6) is -0.142. The smallest absolute Gasteiger partial charge is 0.407 e. The van der Waals surface area contributed by atoms with Gasteiger partial charge in [0.15, 0.2) is 5.65 Å². The number of aromatic nitrogens is 5. The van der Waals surface area contributed by atoms with Gasteiger partial charge in [0, 0.05) is 68.0 Å². The van der Waals surface area contributed by atoms with E-state index in [9.17, 15) is 9.59 Å². The lowest BCUT2D eigenvalue weighted by Gasteiger charge is -2.32. The lowest BCUT2D eigenvalue weighted by Crippen LogP contribution is -2.48. The molecule has 0 spiro atoms. The summed E-state index contributed by atoms with van der Waals surface area (Å²) in [4.78, 5) is 37.4. The van der Waals surface area contributed by atoms with Gasteiger partial charge in [0.05, 0.1) is 36.1 Å². The maximum absolute atomic E-state index is 12.6. The van der Waals surface area contributed by atoms with Crippen LogP contribution >= 0.6 is 11.3 Å². The first-order valence-electron chi connectivity index (χ1n) is 10.9. The highest BCUT2D eigenvalue weighted by atomic mass is 32.1. The van der Waals surface area contributed by atoms with Crippen LogP contribution in [0.25, 0.3) is 16.1 Å². The van der Waals surface area contributed by atoms with Crippen LogP contribution in [-0.4, -0.2) is 83.8 Å². The Labute approximate surface area is 199 Å². The van der Waals surface area contributed by atoms with Crippen molar-refractivity contribution in [3.05, 3.63) is 59.9 Å². The van der Waals surface area contributed by atoms with E-state index in [4.69, 9.17) is 5.11 Å². The maximum atomic E-state index is 12.6. The molecule has 1 aliphatic rings. The van der Waals surface area contributed by atoms with Crippen LogP contribution in [0.2, 0.25) is 0 Å². The summed E-state index contributed by atoms with van der Waals surface area (Å²) in [6, 6.07) is 3.75. The Kier molecular flexibility index (Phi) is 6.23. The van der Waals surface area contributed by atoms with E-state index in [1.54, 1.807) is 18.6 Å². The number of imidazole rings is 1.